The predicted octanol–water partition coefficient (Wildman–Crippen LogP) is 4.73. The number of nitrogens with zero attached hydrogens (tertiary/aromatic N) is 1. The molecule has 1 aromatic heterocycles. The fraction of sp³-hybridized carbons (Fsp3) is 0.471. The van der Waals surface area contributed by atoms with Crippen LogP contribution in [0, 0.1) is 6.92 Å². The summed E-state index contributed by atoms with van der Waals surface area (Å²) in [4.78, 5) is 7.81. The lowest BCUT2D eigenvalue weighted by Gasteiger charge is -2.21. The summed E-state index contributed by atoms with van der Waals surface area (Å²) >= 11 is 3.82. The van der Waals surface area contributed by atoms with Crippen LogP contribution in [0.1, 0.15) is 46.9 Å². The Kier molecular flexibility index (Phi) is 4.99. The van der Waals surface area contributed by atoms with Crippen LogP contribution in [0.3, 0.4) is 0 Å². The Morgan fingerprint density at radius 1 is 1.38 bits per heavy atom. The van der Waals surface area contributed by atoms with Crippen molar-refractivity contribution in [3.05, 3.63) is 45.4 Å². The monoisotopic (exact) mass is 318 g/mol. The van der Waals surface area contributed by atoms with E-state index in [1.807, 2.05) is 23.1 Å². The number of rotatable bonds is 5. The number of hydrogen-bond donors (Lipinski definition) is 1. The van der Waals surface area contributed by atoms with Crippen LogP contribution in [0.4, 0.5) is 0 Å². The zero-order valence-corrected chi connectivity index (χ0v) is 14.3. The second-order valence-corrected chi connectivity index (χ2v) is 7.66. The van der Waals surface area contributed by atoms with Crippen LogP contribution in [0.5, 0.6) is 0 Å². The minimum atomic E-state index is 0.479. The molecular formula is C17H22N2S2. The summed E-state index contributed by atoms with van der Waals surface area (Å²) < 4.78 is 0. The number of hydrogen-bond acceptors (Lipinski definition) is 4. The van der Waals surface area contributed by atoms with Crippen LogP contribution in [0.25, 0.3) is 0 Å². The molecule has 0 saturated heterocycles. The molecule has 1 N–H and O–H groups in total. The average molecular weight is 319 g/mol. The Bertz CT molecular complexity index is 607. The van der Waals surface area contributed by atoms with Gasteiger partial charge in [0.15, 0.2) is 0 Å². The molecule has 21 heavy (non-hydrogen) atoms. The SMILES string of the molecule is CCNC1CCCc2sc(CSc3ccccc3C)nc21. The number of aromatic nitrogens is 1. The summed E-state index contributed by atoms with van der Waals surface area (Å²) in [6.07, 6.45) is 3.73. The fourth-order valence-electron chi connectivity index (χ4n) is 2.83. The highest BCUT2D eigenvalue weighted by Gasteiger charge is 2.23. The maximum Gasteiger partial charge on any atom is 0.103 e. The van der Waals surface area contributed by atoms with Gasteiger partial charge in [-0.2, -0.15) is 0 Å². The molecule has 0 spiro atoms. The van der Waals surface area contributed by atoms with Crippen LogP contribution < -0.4 is 5.32 Å². The summed E-state index contributed by atoms with van der Waals surface area (Å²) in [5.74, 6) is 0.987. The van der Waals surface area contributed by atoms with E-state index in [1.54, 1.807) is 0 Å². The molecule has 1 aliphatic carbocycles. The Labute approximate surface area is 135 Å². The summed E-state index contributed by atoms with van der Waals surface area (Å²) in [6.45, 7) is 5.38. The number of fused-ring (bicyclic) bond motifs is 1. The molecule has 1 aromatic carbocycles. The third kappa shape index (κ3) is 3.50. The van der Waals surface area contributed by atoms with E-state index in [1.165, 1.54) is 45.3 Å². The topological polar surface area (TPSA) is 24.9 Å². The van der Waals surface area contributed by atoms with Crippen molar-refractivity contribution in [3.63, 3.8) is 0 Å². The molecule has 0 fully saturated rings. The van der Waals surface area contributed by atoms with Gasteiger partial charge in [-0.05, 0) is 44.4 Å². The first kappa shape index (κ1) is 15.1. The number of benzene rings is 1. The van der Waals surface area contributed by atoms with Gasteiger partial charge >= 0.3 is 0 Å². The summed E-state index contributed by atoms with van der Waals surface area (Å²) in [5, 5.41) is 4.85. The third-order valence-electron chi connectivity index (χ3n) is 3.89. The quantitative estimate of drug-likeness (QED) is 0.807. The van der Waals surface area contributed by atoms with Gasteiger partial charge in [0, 0.05) is 9.77 Å². The van der Waals surface area contributed by atoms with E-state index >= 15 is 0 Å². The number of aryl methyl sites for hydroxylation is 2. The molecule has 0 saturated carbocycles. The van der Waals surface area contributed by atoms with Crippen LogP contribution in [0.2, 0.25) is 0 Å². The van der Waals surface area contributed by atoms with Gasteiger partial charge in [0.2, 0.25) is 0 Å². The van der Waals surface area contributed by atoms with E-state index in [4.69, 9.17) is 4.98 Å². The van der Waals surface area contributed by atoms with Crippen molar-refractivity contribution in [3.8, 4) is 0 Å². The highest BCUT2D eigenvalue weighted by Crippen LogP contribution is 2.35. The largest absolute Gasteiger partial charge is 0.309 e. The van der Waals surface area contributed by atoms with E-state index in [0.717, 1.165) is 12.3 Å². The van der Waals surface area contributed by atoms with Crippen molar-refractivity contribution in [2.24, 2.45) is 0 Å². The second-order valence-electron chi connectivity index (χ2n) is 5.47. The van der Waals surface area contributed by atoms with Gasteiger partial charge < -0.3 is 5.32 Å². The normalized spacial score (nSPS) is 17.7. The van der Waals surface area contributed by atoms with E-state index in [-0.39, 0.29) is 0 Å². The van der Waals surface area contributed by atoms with E-state index in [0.29, 0.717) is 6.04 Å². The fourth-order valence-corrected chi connectivity index (χ4v) is 5.03. The molecule has 1 atom stereocenters. The van der Waals surface area contributed by atoms with Gasteiger partial charge in [-0.1, -0.05) is 25.1 Å². The first-order valence-corrected chi connectivity index (χ1v) is 9.48. The first-order chi connectivity index (χ1) is 10.3. The lowest BCUT2D eigenvalue weighted by molar-refractivity contribution is 0.465. The molecule has 112 valence electrons. The third-order valence-corrected chi connectivity index (χ3v) is 6.39. The van der Waals surface area contributed by atoms with Crippen LogP contribution in [0.15, 0.2) is 29.2 Å². The predicted molar refractivity (Wildman–Crippen MR) is 92.2 cm³/mol. The maximum absolute atomic E-state index is 4.93. The molecule has 1 aliphatic rings. The average Bonchev–Trinajstić information content (AvgIpc) is 2.91. The summed E-state index contributed by atoms with van der Waals surface area (Å²) in [7, 11) is 0. The lowest BCUT2D eigenvalue weighted by Crippen LogP contribution is -2.24. The highest BCUT2D eigenvalue weighted by molar-refractivity contribution is 7.98. The van der Waals surface area contributed by atoms with Crippen molar-refractivity contribution < 1.29 is 0 Å². The van der Waals surface area contributed by atoms with E-state index < -0.39 is 0 Å². The number of thiazole rings is 1. The first-order valence-electron chi connectivity index (χ1n) is 7.68. The minimum Gasteiger partial charge on any atom is -0.309 e. The molecule has 1 heterocycles. The van der Waals surface area contributed by atoms with Gasteiger partial charge in [0.05, 0.1) is 17.5 Å². The standard InChI is InChI=1S/C17H22N2S2/c1-3-18-13-8-6-10-15-17(13)19-16(21-15)11-20-14-9-5-4-7-12(14)2/h4-5,7,9,13,18H,3,6,8,10-11H2,1-2H3. The highest BCUT2D eigenvalue weighted by atomic mass is 32.2. The van der Waals surface area contributed by atoms with Gasteiger partial charge in [-0.15, -0.1) is 23.1 Å². The number of nitrogens with one attached hydrogen (secondary N) is 1. The molecule has 0 bridgehead atoms. The Morgan fingerprint density at radius 2 is 2.24 bits per heavy atom. The molecule has 0 amide bonds. The molecule has 2 aromatic rings. The van der Waals surface area contributed by atoms with Crippen LogP contribution >= 0.6 is 23.1 Å². The number of thioether (sulfide) groups is 1. The lowest BCUT2D eigenvalue weighted by atomic mass is 9.98. The van der Waals surface area contributed by atoms with Gasteiger partial charge in [0.1, 0.15) is 5.01 Å². The van der Waals surface area contributed by atoms with Crippen molar-refractivity contribution in [2.45, 2.75) is 49.8 Å². The second kappa shape index (κ2) is 6.95. The minimum absolute atomic E-state index is 0.479. The van der Waals surface area contributed by atoms with Crippen molar-refractivity contribution in [1.82, 2.24) is 10.3 Å². The van der Waals surface area contributed by atoms with Crippen molar-refractivity contribution in [2.75, 3.05) is 6.54 Å². The van der Waals surface area contributed by atoms with Gasteiger partial charge in [0.25, 0.3) is 0 Å². The zero-order valence-electron chi connectivity index (χ0n) is 12.7. The Balaban J connectivity index is 1.71. The Hall–Kier alpha value is -0.840. The molecule has 0 aliphatic heterocycles. The molecular weight excluding hydrogens is 296 g/mol. The van der Waals surface area contributed by atoms with Crippen LogP contribution in [-0.2, 0) is 12.2 Å². The Morgan fingerprint density at radius 3 is 3.05 bits per heavy atom. The van der Waals surface area contributed by atoms with Gasteiger partial charge in [-0.3, -0.25) is 0 Å². The maximum atomic E-state index is 4.93. The molecule has 1 unspecified atom stereocenters. The van der Waals surface area contributed by atoms with E-state index in [2.05, 4.69) is 43.4 Å². The molecule has 4 heteroatoms. The molecule has 0 radical (unpaired) electrons. The molecule has 2 nitrogen and oxygen atoms in total. The van der Waals surface area contributed by atoms with Crippen molar-refractivity contribution in [1.29, 1.82) is 0 Å². The smallest absolute Gasteiger partial charge is 0.103 e. The van der Waals surface area contributed by atoms with Gasteiger partial charge in [-0.25, -0.2) is 4.98 Å². The molecule has 3 rings (SSSR count). The zero-order chi connectivity index (χ0) is 14.7. The van der Waals surface area contributed by atoms with E-state index in [9.17, 15) is 0 Å². The summed E-state index contributed by atoms with van der Waals surface area (Å²) in [5.41, 5.74) is 2.68. The van der Waals surface area contributed by atoms with Crippen LogP contribution in [-0.4, -0.2) is 11.5 Å². The van der Waals surface area contributed by atoms with Crippen molar-refractivity contribution >= 4 is 23.1 Å². The summed E-state index contributed by atoms with van der Waals surface area (Å²) in [6, 6.07) is 9.07.